The predicted octanol–water partition coefficient (Wildman–Crippen LogP) is 5.64. The SMILES string of the molecule is CC1CC12C(=O)N(c1ccc(OC(F)(F)F)cc1)C(=O)N2c1ccncc1NC(=O)c1cccc(Cl)c1. The van der Waals surface area contributed by atoms with Gasteiger partial charge in [-0.15, -0.1) is 13.2 Å². The number of benzene rings is 2. The molecule has 2 atom stereocenters. The van der Waals surface area contributed by atoms with Crippen LogP contribution in [0, 0.1) is 5.92 Å². The molecule has 2 aliphatic rings. The van der Waals surface area contributed by atoms with Gasteiger partial charge in [-0.1, -0.05) is 24.6 Å². The molecule has 2 heterocycles. The average Bonchev–Trinajstić information content (AvgIpc) is 3.45. The maximum Gasteiger partial charge on any atom is 0.573 e. The molecule has 1 N–H and O–H groups in total. The number of carbonyl (C=O) groups excluding carboxylic acids is 3. The summed E-state index contributed by atoms with van der Waals surface area (Å²) in [5, 5.41) is 3.09. The fourth-order valence-electron chi connectivity index (χ4n) is 4.51. The highest BCUT2D eigenvalue weighted by molar-refractivity contribution is 6.33. The van der Waals surface area contributed by atoms with E-state index in [1.807, 2.05) is 6.92 Å². The van der Waals surface area contributed by atoms with Gasteiger partial charge in [-0.25, -0.2) is 9.69 Å². The van der Waals surface area contributed by atoms with Crippen LogP contribution < -0.4 is 19.9 Å². The Balaban J connectivity index is 1.48. The minimum atomic E-state index is -4.88. The second-order valence-corrected chi connectivity index (χ2v) is 9.12. The Morgan fingerprint density at radius 3 is 2.49 bits per heavy atom. The van der Waals surface area contributed by atoms with Crippen LogP contribution in [0.2, 0.25) is 5.02 Å². The molecule has 1 aliphatic carbocycles. The number of carbonyl (C=O) groups is 3. The van der Waals surface area contributed by atoms with Gasteiger partial charge in [0, 0.05) is 16.8 Å². The van der Waals surface area contributed by atoms with Gasteiger partial charge in [0.25, 0.3) is 11.8 Å². The van der Waals surface area contributed by atoms with Gasteiger partial charge in [-0.05, 0) is 60.9 Å². The lowest BCUT2D eigenvalue weighted by molar-refractivity contribution is -0.274. The highest BCUT2D eigenvalue weighted by Crippen LogP contribution is 2.56. The number of rotatable bonds is 5. The Kier molecular flexibility index (Phi) is 5.82. The maximum atomic E-state index is 13.7. The van der Waals surface area contributed by atoms with E-state index in [0.717, 1.165) is 17.0 Å². The van der Waals surface area contributed by atoms with Crippen molar-refractivity contribution in [3.05, 3.63) is 77.6 Å². The van der Waals surface area contributed by atoms with E-state index >= 15 is 0 Å². The lowest BCUT2D eigenvalue weighted by atomic mass is 10.1. The molecule has 4 amide bonds. The molecule has 8 nitrogen and oxygen atoms in total. The average molecular weight is 531 g/mol. The van der Waals surface area contributed by atoms with Crippen LogP contribution in [0.15, 0.2) is 67.0 Å². The largest absolute Gasteiger partial charge is 0.573 e. The number of urea groups is 1. The van der Waals surface area contributed by atoms with Gasteiger partial charge >= 0.3 is 12.4 Å². The van der Waals surface area contributed by atoms with Crippen molar-refractivity contribution in [2.75, 3.05) is 15.1 Å². The van der Waals surface area contributed by atoms with Crippen molar-refractivity contribution < 1.29 is 32.3 Å². The topological polar surface area (TPSA) is 91.8 Å². The second-order valence-electron chi connectivity index (χ2n) is 8.69. The van der Waals surface area contributed by atoms with Crippen LogP contribution in [0.1, 0.15) is 23.7 Å². The molecule has 1 saturated carbocycles. The third kappa shape index (κ3) is 4.35. The van der Waals surface area contributed by atoms with Gasteiger partial charge < -0.3 is 10.1 Å². The van der Waals surface area contributed by atoms with Crippen LogP contribution in [-0.4, -0.2) is 34.7 Å². The van der Waals surface area contributed by atoms with Gasteiger partial charge in [-0.2, -0.15) is 0 Å². The third-order valence-corrected chi connectivity index (χ3v) is 6.57. The molecule has 3 aromatic rings. The van der Waals surface area contributed by atoms with E-state index in [1.54, 1.807) is 18.2 Å². The summed E-state index contributed by atoms with van der Waals surface area (Å²) in [4.78, 5) is 46.3. The molecule has 1 saturated heterocycles. The standard InChI is InChI=1S/C25H18ClF3N4O4/c1-14-12-24(14)22(35)32(17-5-7-18(8-6-17)37-25(27,28)29)23(36)33(24)20-9-10-30-13-19(20)31-21(34)15-3-2-4-16(26)11-15/h2-11,13-14H,12H2,1H3,(H,31,34). The van der Waals surface area contributed by atoms with E-state index in [9.17, 15) is 27.6 Å². The van der Waals surface area contributed by atoms with Crippen molar-refractivity contribution in [2.24, 2.45) is 5.92 Å². The summed E-state index contributed by atoms with van der Waals surface area (Å²) in [5.41, 5.74) is -0.377. The molecule has 0 radical (unpaired) electrons. The van der Waals surface area contributed by atoms with Gasteiger partial charge in [0.2, 0.25) is 0 Å². The van der Waals surface area contributed by atoms with Gasteiger partial charge in [0.1, 0.15) is 11.3 Å². The van der Waals surface area contributed by atoms with Gasteiger partial charge in [-0.3, -0.25) is 19.5 Å². The van der Waals surface area contributed by atoms with Crippen LogP contribution in [0.5, 0.6) is 5.75 Å². The molecule has 2 fully saturated rings. The molecular weight excluding hydrogens is 513 g/mol. The van der Waals surface area contributed by atoms with Crippen LogP contribution >= 0.6 is 11.6 Å². The number of aromatic nitrogens is 1. The number of pyridine rings is 1. The highest BCUT2D eigenvalue weighted by atomic mass is 35.5. The quantitative estimate of drug-likeness (QED) is 0.431. The number of imide groups is 1. The van der Waals surface area contributed by atoms with Gasteiger partial charge in [0.15, 0.2) is 0 Å². The first-order valence-corrected chi connectivity index (χ1v) is 11.4. The van der Waals surface area contributed by atoms with E-state index < -0.39 is 35.5 Å². The summed E-state index contributed by atoms with van der Waals surface area (Å²) in [5.74, 6) is -1.70. The van der Waals surface area contributed by atoms with E-state index in [1.165, 1.54) is 41.6 Å². The summed E-state index contributed by atoms with van der Waals surface area (Å²) in [6.07, 6.45) is -1.72. The molecule has 12 heteroatoms. The Morgan fingerprint density at radius 1 is 1.16 bits per heavy atom. The normalized spacial score (nSPS) is 20.9. The summed E-state index contributed by atoms with van der Waals surface area (Å²) >= 11 is 5.99. The maximum absolute atomic E-state index is 13.7. The Morgan fingerprint density at radius 2 is 1.86 bits per heavy atom. The third-order valence-electron chi connectivity index (χ3n) is 6.33. The van der Waals surface area contributed by atoms with E-state index in [0.29, 0.717) is 11.4 Å². The zero-order valence-corrected chi connectivity index (χ0v) is 19.9. The van der Waals surface area contributed by atoms with Crippen LogP contribution in [-0.2, 0) is 4.79 Å². The summed E-state index contributed by atoms with van der Waals surface area (Å²) in [7, 11) is 0. The lowest BCUT2D eigenvalue weighted by Crippen LogP contribution is -2.39. The van der Waals surface area contributed by atoms with Crippen molar-refractivity contribution >= 4 is 46.5 Å². The van der Waals surface area contributed by atoms with E-state index in [-0.39, 0.29) is 28.5 Å². The number of amides is 4. The number of nitrogens with zero attached hydrogens (tertiary/aromatic N) is 3. The molecule has 37 heavy (non-hydrogen) atoms. The number of ether oxygens (including phenoxy) is 1. The smallest absolute Gasteiger partial charge is 0.406 e. The molecule has 2 unspecified atom stereocenters. The van der Waals surface area contributed by atoms with Crippen molar-refractivity contribution in [3.63, 3.8) is 0 Å². The molecule has 1 aromatic heterocycles. The van der Waals surface area contributed by atoms with Crippen LogP contribution in [0.3, 0.4) is 0 Å². The molecule has 190 valence electrons. The van der Waals surface area contributed by atoms with Crippen molar-refractivity contribution in [3.8, 4) is 5.75 Å². The van der Waals surface area contributed by atoms with Crippen LogP contribution in [0.4, 0.5) is 35.0 Å². The van der Waals surface area contributed by atoms with E-state index in [2.05, 4.69) is 15.0 Å². The molecule has 2 aromatic carbocycles. The summed E-state index contributed by atoms with van der Waals surface area (Å²) in [6, 6.07) is 11.6. The summed E-state index contributed by atoms with van der Waals surface area (Å²) < 4.78 is 41.5. The number of hydrogen-bond acceptors (Lipinski definition) is 5. The Labute approximate surface area is 213 Å². The first-order valence-electron chi connectivity index (χ1n) is 11.1. The number of halogens is 4. The van der Waals surface area contributed by atoms with Crippen molar-refractivity contribution in [1.82, 2.24) is 4.98 Å². The zero-order valence-electron chi connectivity index (χ0n) is 19.1. The van der Waals surface area contributed by atoms with Crippen molar-refractivity contribution in [1.29, 1.82) is 0 Å². The number of anilines is 3. The fraction of sp³-hybridized carbons (Fsp3) is 0.200. The number of nitrogens with one attached hydrogen (secondary N) is 1. The van der Waals surface area contributed by atoms with E-state index in [4.69, 9.17) is 11.6 Å². The molecular formula is C25H18ClF3N4O4. The minimum absolute atomic E-state index is 0.0871. The highest BCUT2D eigenvalue weighted by Gasteiger charge is 2.70. The van der Waals surface area contributed by atoms with Crippen LogP contribution in [0.25, 0.3) is 0 Å². The molecule has 1 aliphatic heterocycles. The predicted molar refractivity (Wildman–Crippen MR) is 129 cm³/mol. The zero-order chi connectivity index (χ0) is 26.5. The monoisotopic (exact) mass is 530 g/mol. The first-order chi connectivity index (χ1) is 17.5. The Bertz CT molecular complexity index is 1420. The number of hydrogen-bond donors (Lipinski definition) is 1. The summed E-state index contributed by atoms with van der Waals surface area (Å²) in [6.45, 7) is 1.81. The first kappa shape index (κ1) is 24.6. The van der Waals surface area contributed by atoms with Gasteiger partial charge in [0.05, 0.1) is 23.3 Å². The number of alkyl halides is 3. The minimum Gasteiger partial charge on any atom is -0.406 e. The van der Waals surface area contributed by atoms with Crippen molar-refractivity contribution in [2.45, 2.75) is 25.2 Å². The lowest BCUT2D eigenvalue weighted by Gasteiger charge is -2.24. The molecule has 0 bridgehead atoms. The second kappa shape index (κ2) is 8.77. The molecule has 1 spiro atoms. The molecule has 5 rings (SSSR count). The fourth-order valence-corrected chi connectivity index (χ4v) is 4.70. The Hall–Kier alpha value is -4.12.